The van der Waals surface area contributed by atoms with Gasteiger partial charge in [0.15, 0.2) is 5.58 Å². The average molecular weight is 666 g/mol. The van der Waals surface area contributed by atoms with E-state index in [1.54, 1.807) is 0 Å². The van der Waals surface area contributed by atoms with Crippen molar-refractivity contribution in [1.29, 1.82) is 0 Å². The SMILES string of the molecule is c1ccc(-c2ccc3c(c2)c2ccccc2n3-c2cccc3c2oc2cc4c(cc23)oc2c(-c3ccc5c(c3)oc3ccccc35)cccc24)cc1. The van der Waals surface area contributed by atoms with Crippen molar-refractivity contribution in [3.63, 3.8) is 0 Å². The Bertz CT molecular complexity index is 3410. The lowest BCUT2D eigenvalue weighted by molar-refractivity contribution is 0.663. The first-order valence-electron chi connectivity index (χ1n) is 17.6. The zero-order chi connectivity index (χ0) is 33.9. The standard InChI is InChI=1S/C48H27NO3/c1-2-10-28(11-3-1)29-21-23-41-37(24-29)32-12-4-6-17-40(32)49(41)42-18-9-16-36-39-27-45-38(26-46(39)52-48(36)42)35-15-8-14-31(47(35)51-45)30-20-22-34-33-13-5-7-19-43(33)50-44(34)25-30/h1-27H. The highest BCUT2D eigenvalue weighted by atomic mass is 16.3. The van der Waals surface area contributed by atoms with Gasteiger partial charge in [-0.1, -0.05) is 109 Å². The minimum Gasteiger partial charge on any atom is -0.456 e. The molecule has 0 saturated heterocycles. The summed E-state index contributed by atoms with van der Waals surface area (Å²) in [4.78, 5) is 0. The highest BCUT2D eigenvalue weighted by Gasteiger charge is 2.21. The molecule has 0 amide bonds. The Balaban J connectivity index is 1.04. The fourth-order valence-corrected chi connectivity index (χ4v) is 8.41. The molecule has 4 aromatic heterocycles. The van der Waals surface area contributed by atoms with Crippen molar-refractivity contribution in [3.05, 3.63) is 164 Å². The summed E-state index contributed by atoms with van der Waals surface area (Å²) in [6.45, 7) is 0. The smallest absolute Gasteiger partial charge is 0.159 e. The van der Waals surface area contributed by atoms with Crippen LogP contribution in [0.3, 0.4) is 0 Å². The van der Waals surface area contributed by atoms with Gasteiger partial charge in [0.1, 0.15) is 27.9 Å². The molecule has 4 heterocycles. The van der Waals surface area contributed by atoms with Crippen LogP contribution in [0.15, 0.2) is 177 Å². The summed E-state index contributed by atoms with van der Waals surface area (Å²) in [6.07, 6.45) is 0. The van der Waals surface area contributed by atoms with Crippen LogP contribution >= 0.6 is 0 Å². The molecule has 242 valence electrons. The molecule has 4 heteroatoms. The van der Waals surface area contributed by atoms with E-state index in [0.29, 0.717) is 0 Å². The van der Waals surface area contributed by atoms with Crippen molar-refractivity contribution >= 4 is 87.6 Å². The quantitative estimate of drug-likeness (QED) is 0.189. The number of benzene rings is 8. The van der Waals surface area contributed by atoms with Gasteiger partial charge in [0.2, 0.25) is 0 Å². The summed E-state index contributed by atoms with van der Waals surface area (Å²) in [5.41, 5.74) is 12.9. The van der Waals surface area contributed by atoms with Gasteiger partial charge in [0, 0.05) is 48.7 Å². The molecule has 0 aliphatic heterocycles. The summed E-state index contributed by atoms with van der Waals surface area (Å²) >= 11 is 0. The number of nitrogens with zero attached hydrogens (tertiary/aromatic N) is 1. The molecule has 0 unspecified atom stereocenters. The second-order valence-corrected chi connectivity index (χ2v) is 13.6. The zero-order valence-electron chi connectivity index (χ0n) is 27.8. The Morgan fingerprint density at radius 2 is 0.942 bits per heavy atom. The third kappa shape index (κ3) is 3.81. The number of para-hydroxylation sites is 4. The van der Waals surface area contributed by atoms with E-state index in [2.05, 4.69) is 150 Å². The Hall–Kier alpha value is -7.04. The second kappa shape index (κ2) is 10.3. The van der Waals surface area contributed by atoms with Gasteiger partial charge in [0.05, 0.1) is 16.7 Å². The molecule has 12 aromatic rings. The molecule has 4 nitrogen and oxygen atoms in total. The first-order valence-corrected chi connectivity index (χ1v) is 17.6. The van der Waals surface area contributed by atoms with Gasteiger partial charge in [-0.2, -0.15) is 0 Å². The molecule has 0 saturated carbocycles. The lowest BCUT2D eigenvalue weighted by atomic mass is 10.0. The molecule has 0 aliphatic rings. The topological polar surface area (TPSA) is 44.4 Å². The highest BCUT2D eigenvalue weighted by molar-refractivity contribution is 6.18. The molecule has 0 bridgehead atoms. The van der Waals surface area contributed by atoms with Gasteiger partial charge < -0.3 is 17.8 Å². The largest absolute Gasteiger partial charge is 0.456 e. The first kappa shape index (κ1) is 27.7. The normalized spacial score (nSPS) is 12.2. The molecule has 0 radical (unpaired) electrons. The van der Waals surface area contributed by atoms with Crippen LogP contribution in [0.2, 0.25) is 0 Å². The second-order valence-electron chi connectivity index (χ2n) is 13.6. The molecule has 52 heavy (non-hydrogen) atoms. The molecular weight excluding hydrogens is 639 g/mol. The Morgan fingerprint density at radius 3 is 1.81 bits per heavy atom. The molecule has 8 aromatic carbocycles. The number of furan rings is 3. The lowest BCUT2D eigenvalue weighted by Crippen LogP contribution is -1.94. The predicted octanol–water partition coefficient (Wildman–Crippen LogP) is 13.8. The third-order valence-corrected chi connectivity index (χ3v) is 10.8. The molecule has 0 N–H and O–H groups in total. The molecule has 0 atom stereocenters. The van der Waals surface area contributed by atoms with E-state index in [9.17, 15) is 0 Å². The van der Waals surface area contributed by atoms with Gasteiger partial charge in [-0.25, -0.2) is 0 Å². The van der Waals surface area contributed by atoms with Crippen LogP contribution in [0.1, 0.15) is 0 Å². The number of fused-ring (bicyclic) bond motifs is 12. The van der Waals surface area contributed by atoms with Crippen molar-refractivity contribution < 1.29 is 13.3 Å². The van der Waals surface area contributed by atoms with Gasteiger partial charge in [-0.05, 0) is 71.3 Å². The minimum absolute atomic E-state index is 0.832. The molecule has 0 spiro atoms. The fraction of sp³-hybridized carbons (Fsp3) is 0. The van der Waals surface area contributed by atoms with Crippen LogP contribution in [-0.2, 0) is 0 Å². The van der Waals surface area contributed by atoms with Crippen LogP contribution in [0.4, 0.5) is 0 Å². The average Bonchev–Trinajstić information content (AvgIpc) is 3.95. The van der Waals surface area contributed by atoms with Gasteiger partial charge in [-0.3, -0.25) is 0 Å². The summed E-state index contributed by atoms with van der Waals surface area (Å²) < 4.78 is 22.1. The monoisotopic (exact) mass is 665 g/mol. The number of hydrogen-bond donors (Lipinski definition) is 0. The molecule has 0 fully saturated rings. The van der Waals surface area contributed by atoms with E-state index in [-0.39, 0.29) is 0 Å². The van der Waals surface area contributed by atoms with Crippen LogP contribution < -0.4 is 0 Å². The lowest BCUT2D eigenvalue weighted by Gasteiger charge is -2.09. The Kier molecular flexibility index (Phi) is 5.47. The van der Waals surface area contributed by atoms with E-state index in [0.717, 1.165) is 93.7 Å². The summed E-state index contributed by atoms with van der Waals surface area (Å²) in [5, 5.41) is 8.82. The Morgan fingerprint density at radius 1 is 0.308 bits per heavy atom. The van der Waals surface area contributed by atoms with Crippen LogP contribution in [0.25, 0.3) is 116 Å². The number of rotatable bonds is 3. The van der Waals surface area contributed by atoms with Crippen molar-refractivity contribution in [2.24, 2.45) is 0 Å². The van der Waals surface area contributed by atoms with Crippen molar-refractivity contribution in [2.45, 2.75) is 0 Å². The van der Waals surface area contributed by atoms with Gasteiger partial charge in [0.25, 0.3) is 0 Å². The van der Waals surface area contributed by atoms with E-state index < -0.39 is 0 Å². The number of aromatic nitrogens is 1. The Labute approximate surface area is 296 Å². The third-order valence-electron chi connectivity index (χ3n) is 10.8. The van der Waals surface area contributed by atoms with E-state index in [1.165, 1.54) is 21.9 Å². The summed E-state index contributed by atoms with van der Waals surface area (Å²) in [6, 6.07) is 57.6. The molecule has 12 rings (SSSR count). The molecular formula is C48H27NO3. The maximum atomic E-state index is 6.84. The van der Waals surface area contributed by atoms with E-state index in [4.69, 9.17) is 13.3 Å². The van der Waals surface area contributed by atoms with Crippen LogP contribution in [0.5, 0.6) is 0 Å². The van der Waals surface area contributed by atoms with E-state index >= 15 is 0 Å². The van der Waals surface area contributed by atoms with Crippen molar-refractivity contribution in [3.8, 4) is 27.9 Å². The van der Waals surface area contributed by atoms with Crippen molar-refractivity contribution in [1.82, 2.24) is 4.57 Å². The number of hydrogen-bond acceptors (Lipinski definition) is 3. The first-order chi connectivity index (χ1) is 25.8. The zero-order valence-corrected chi connectivity index (χ0v) is 27.8. The van der Waals surface area contributed by atoms with E-state index in [1.807, 2.05) is 18.2 Å². The minimum atomic E-state index is 0.832. The maximum Gasteiger partial charge on any atom is 0.159 e. The van der Waals surface area contributed by atoms with Crippen LogP contribution in [-0.4, -0.2) is 4.57 Å². The highest BCUT2D eigenvalue weighted by Crippen LogP contribution is 2.43. The van der Waals surface area contributed by atoms with Crippen molar-refractivity contribution in [2.75, 3.05) is 0 Å². The summed E-state index contributed by atoms with van der Waals surface area (Å²) in [7, 11) is 0. The van der Waals surface area contributed by atoms with Gasteiger partial charge in [-0.15, -0.1) is 0 Å². The molecule has 0 aliphatic carbocycles. The van der Waals surface area contributed by atoms with Crippen LogP contribution in [0, 0.1) is 0 Å². The maximum absolute atomic E-state index is 6.84. The van der Waals surface area contributed by atoms with Gasteiger partial charge >= 0.3 is 0 Å². The summed E-state index contributed by atoms with van der Waals surface area (Å²) in [5.74, 6) is 0. The fourth-order valence-electron chi connectivity index (χ4n) is 8.41. The predicted molar refractivity (Wildman–Crippen MR) is 213 cm³/mol.